The summed E-state index contributed by atoms with van der Waals surface area (Å²) in [6.45, 7) is 0.261. The molecule has 5 heteroatoms. The van der Waals surface area contributed by atoms with Crippen molar-refractivity contribution in [2.24, 2.45) is 0 Å². The van der Waals surface area contributed by atoms with Crippen molar-refractivity contribution in [3.8, 4) is 5.75 Å². The van der Waals surface area contributed by atoms with E-state index in [-0.39, 0.29) is 17.9 Å². The maximum Gasteiger partial charge on any atom is 0.347 e. The molecule has 0 amide bonds. The molecule has 2 rings (SSSR count). The third-order valence-electron chi connectivity index (χ3n) is 2.26. The summed E-state index contributed by atoms with van der Waals surface area (Å²) in [5.74, 6) is -1.43. The van der Waals surface area contributed by atoms with E-state index in [1.807, 2.05) is 0 Å². The molecule has 0 bridgehead atoms. The molecule has 1 N–H and O–H groups in total. The summed E-state index contributed by atoms with van der Waals surface area (Å²) >= 11 is 0. The molecule has 1 aliphatic rings. The van der Waals surface area contributed by atoms with Gasteiger partial charge in [-0.2, -0.15) is 0 Å². The van der Waals surface area contributed by atoms with Gasteiger partial charge >= 0.3 is 11.9 Å². The van der Waals surface area contributed by atoms with Gasteiger partial charge in [0.05, 0.1) is 6.61 Å². The fraction of sp³-hybridized carbons (Fsp3) is 0.273. The molecule has 84 valence electrons. The van der Waals surface area contributed by atoms with Crippen LogP contribution in [0.5, 0.6) is 5.75 Å². The standard InChI is InChI=1S/C11H10O5/c12-8-4-2-1-3-7(8)10(13)16-9-5-6-15-11(9)14/h1-4,9,12H,5-6H2/t9-/m0/s1. The Morgan fingerprint density at radius 3 is 2.81 bits per heavy atom. The first-order chi connectivity index (χ1) is 7.68. The van der Waals surface area contributed by atoms with Crippen molar-refractivity contribution in [2.45, 2.75) is 12.5 Å². The fourth-order valence-electron chi connectivity index (χ4n) is 1.42. The summed E-state index contributed by atoms with van der Waals surface area (Å²) in [7, 11) is 0. The number of benzene rings is 1. The number of para-hydroxylation sites is 1. The fourth-order valence-corrected chi connectivity index (χ4v) is 1.42. The second kappa shape index (κ2) is 4.22. The zero-order valence-corrected chi connectivity index (χ0v) is 8.38. The van der Waals surface area contributed by atoms with Crippen molar-refractivity contribution in [1.82, 2.24) is 0 Å². The summed E-state index contributed by atoms with van der Waals surface area (Å²) in [6, 6.07) is 6.00. The highest BCUT2D eigenvalue weighted by Gasteiger charge is 2.31. The van der Waals surface area contributed by atoms with Crippen molar-refractivity contribution in [2.75, 3.05) is 6.61 Å². The monoisotopic (exact) mass is 222 g/mol. The number of ether oxygens (including phenoxy) is 2. The molecule has 0 saturated carbocycles. The number of hydrogen-bond donors (Lipinski definition) is 1. The highest BCUT2D eigenvalue weighted by atomic mass is 16.6. The zero-order valence-electron chi connectivity index (χ0n) is 8.38. The van der Waals surface area contributed by atoms with Crippen LogP contribution in [0.2, 0.25) is 0 Å². The van der Waals surface area contributed by atoms with Crippen molar-refractivity contribution in [3.63, 3.8) is 0 Å². The second-order valence-electron chi connectivity index (χ2n) is 3.37. The Morgan fingerprint density at radius 1 is 1.44 bits per heavy atom. The molecule has 0 radical (unpaired) electrons. The molecule has 1 aromatic carbocycles. The molecule has 1 atom stereocenters. The van der Waals surface area contributed by atoms with Crippen molar-refractivity contribution in [3.05, 3.63) is 29.8 Å². The minimum atomic E-state index is -0.855. The summed E-state index contributed by atoms with van der Waals surface area (Å²) in [4.78, 5) is 22.6. The van der Waals surface area contributed by atoms with Crippen LogP contribution >= 0.6 is 0 Å². The number of cyclic esters (lactones) is 1. The molecule has 1 heterocycles. The van der Waals surface area contributed by atoms with Gasteiger partial charge in [0, 0.05) is 6.42 Å². The van der Waals surface area contributed by atoms with E-state index in [9.17, 15) is 14.7 Å². The minimum absolute atomic E-state index is 0.0437. The molecular formula is C11H10O5. The highest BCUT2D eigenvalue weighted by molar-refractivity contribution is 5.94. The van der Waals surface area contributed by atoms with Crippen LogP contribution in [0.1, 0.15) is 16.8 Å². The summed E-state index contributed by atoms with van der Waals surface area (Å²) in [5.41, 5.74) is 0.0437. The molecule has 0 unspecified atom stereocenters. The van der Waals surface area contributed by atoms with E-state index < -0.39 is 18.0 Å². The van der Waals surface area contributed by atoms with E-state index >= 15 is 0 Å². The predicted molar refractivity (Wildman–Crippen MR) is 52.9 cm³/mol. The first-order valence-electron chi connectivity index (χ1n) is 4.84. The van der Waals surface area contributed by atoms with Crippen LogP contribution in [0.15, 0.2) is 24.3 Å². The maximum atomic E-state index is 11.6. The van der Waals surface area contributed by atoms with E-state index in [2.05, 4.69) is 4.74 Å². The molecule has 5 nitrogen and oxygen atoms in total. The van der Waals surface area contributed by atoms with E-state index in [4.69, 9.17) is 4.74 Å². The largest absolute Gasteiger partial charge is 0.507 e. The Morgan fingerprint density at radius 2 is 2.19 bits per heavy atom. The van der Waals surface area contributed by atoms with Gasteiger partial charge in [0.2, 0.25) is 6.10 Å². The van der Waals surface area contributed by atoms with Crippen LogP contribution in [0.4, 0.5) is 0 Å². The Bertz CT molecular complexity index is 426. The average molecular weight is 222 g/mol. The summed E-state index contributed by atoms with van der Waals surface area (Å²) < 4.78 is 9.57. The van der Waals surface area contributed by atoms with Gasteiger partial charge in [-0.3, -0.25) is 0 Å². The first kappa shape index (κ1) is 10.5. The van der Waals surface area contributed by atoms with Crippen LogP contribution in [0.3, 0.4) is 0 Å². The lowest BCUT2D eigenvalue weighted by atomic mass is 10.2. The van der Waals surface area contributed by atoms with E-state index in [0.717, 1.165) is 0 Å². The Kier molecular flexibility index (Phi) is 2.76. The normalized spacial score (nSPS) is 19.2. The molecule has 0 aromatic heterocycles. The van der Waals surface area contributed by atoms with Crippen molar-refractivity contribution in [1.29, 1.82) is 0 Å². The third-order valence-corrected chi connectivity index (χ3v) is 2.26. The van der Waals surface area contributed by atoms with Gasteiger partial charge < -0.3 is 14.6 Å². The van der Waals surface area contributed by atoms with E-state index in [1.165, 1.54) is 12.1 Å². The number of rotatable bonds is 2. The molecule has 1 saturated heterocycles. The Hall–Kier alpha value is -2.04. The first-order valence-corrected chi connectivity index (χ1v) is 4.84. The number of esters is 2. The molecule has 0 spiro atoms. The van der Waals surface area contributed by atoms with Crippen LogP contribution in [0, 0.1) is 0 Å². The predicted octanol–water partition coefficient (Wildman–Crippen LogP) is 0.864. The molecule has 1 aliphatic heterocycles. The lowest BCUT2D eigenvalue weighted by Gasteiger charge is -2.08. The van der Waals surface area contributed by atoms with Gasteiger partial charge in [-0.1, -0.05) is 12.1 Å². The van der Waals surface area contributed by atoms with Crippen LogP contribution in [0.25, 0.3) is 0 Å². The minimum Gasteiger partial charge on any atom is -0.507 e. The van der Waals surface area contributed by atoms with Crippen LogP contribution in [-0.2, 0) is 14.3 Å². The van der Waals surface area contributed by atoms with E-state index in [1.54, 1.807) is 12.1 Å². The topological polar surface area (TPSA) is 72.8 Å². The molecule has 16 heavy (non-hydrogen) atoms. The molecular weight excluding hydrogens is 212 g/mol. The summed E-state index contributed by atoms with van der Waals surface area (Å²) in [5, 5.41) is 9.40. The molecule has 0 aliphatic carbocycles. The number of phenols is 1. The summed E-state index contributed by atoms with van der Waals surface area (Å²) in [6.07, 6.45) is -0.495. The number of hydrogen-bond acceptors (Lipinski definition) is 5. The quantitative estimate of drug-likeness (QED) is 0.751. The van der Waals surface area contributed by atoms with Gasteiger partial charge in [-0.15, -0.1) is 0 Å². The number of phenolic OH excluding ortho intramolecular Hbond substituents is 1. The zero-order chi connectivity index (χ0) is 11.5. The lowest BCUT2D eigenvalue weighted by molar-refractivity contribution is -0.145. The third kappa shape index (κ3) is 1.98. The SMILES string of the molecule is O=C(O[C@H]1CCOC1=O)c1ccccc1O. The van der Waals surface area contributed by atoms with Gasteiger partial charge in [-0.05, 0) is 12.1 Å². The molecule has 1 aromatic rings. The van der Waals surface area contributed by atoms with Gasteiger partial charge in [0.1, 0.15) is 11.3 Å². The number of carbonyl (C=O) groups is 2. The van der Waals surface area contributed by atoms with Gasteiger partial charge in [-0.25, -0.2) is 9.59 Å². The van der Waals surface area contributed by atoms with Crippen molar-refractivity contribution < 1.29 is 24.2 Å². The maximum absolute atomic E-state index is 11.6. The smallest absolute Gasteiger partial charge is 0.347 e. The van der Waals surface area contributed by atoms with Crippen LogP contribution in [-0.4, -0.2) is 29.8 Å². The highest BCUT2D eigenvalue weighted by Crippen LogP contribution is 2.19. The Labute approximate surface area is 91.6 Å². The van der Waals surface area contributed by atoms with Crippen LogP contribution < -0.4 is 0 Å². The van der Waals surface area contributed by atoms with Gasteiger partial charge in [0.25, 0.3) is 0 Å². The molecule has 1 fully saturated rings. The lowest BCUT2D eigenvalue weighted by Crippen LogP contribution is -2.22. The number of carbonyl (C=O) groups excluding carboxylic acids is 2. The second-order valence-corrected chi connectivity index (χ2v) is 3.37. The Balaban J connectivity index is 2.09. The van der Waals surface area contributed by atoms with E-state index in [0.29, 0.717) is 6.42 Å². The van der Waals surface area contributed by atoms with Gasteiger partial charge in [0.15, 0.2) is 0 Å². The van der Waals surface area contributed by atoms with Crippen molar-refractivity contribution >= 4 is 11.9 Å². The number of aromatic hydroxyl groups is 1. The average Bonchev–Trinajstić information content (AvgIpc) is 2.65.